The Kier molecular flexibility index (Phi) is 5.41. The summed E-state index contributed by atoms with van der Waals surface area (Å²) in [6.45, 7) is 6.21. The molecule has 0 aromatic heterocycles. The normalized spacial score (nSPS) is 18.8. The minimum absolute atomic E-state index is 0.0217. The molecule has 1 unspecified atom stereocenters. The molecule has 0 spiro atoms. The Bertz CT molecular complexity index is 279. The molecule has 0 saturated carbocycles. The molecule has 1 fully saturated rings. The molecule has 17 heavy (non-hydrogen) atoms. The van der Waals surface area contributed by atoms with Gasteiger partial charge in [-0.25, -0.2) is 0 Å². The summed E-state index contributed by atoms with van der Waals surface area (Å²) in [5, 5.41) is 2.76. The van der Waals surface area contributed by atoms with Crippen molar-refractivity contribution in [3.63, 3.8) is 0 Å². The van der Waals surface area contributed by atoms with Crippen LogP contribution in [0.2, 0.25) is 0 Å². The second kappa shape index (κ2) is 6.59. The molecule has 0 aromatic carbocycles. The van der Waals surface area contributed by atoms with Crippen LogP contribution in [0, 0.1) is 11.8 Å². The zero-order chi connectivity index (χ0) is 12.8. The smallest absolute Gasteiger partial charge is 0.227 e. The first-order chi connectivity index (χ1) is 8.04. The zero-order valence-electron chi connectivity index (χ0n) is 10.7. The summed E-state index contributed by atoms with van der Waals surface area (Å²) in [6.07, 6.45) is 1.21. The van der Waals surface area contributed by atoms with Crippen LogP contribution in [0.25, 0.3) is 0 Å². The van der Waals surface area contributed by atoms with Crippen LogP contribution in [0.3, 0.4) is 0 Å². The number of amides is 2. The van der Waals surface area contributed by atoms with Crippen LogP contribution in [0.4, 0.5) is 0 Å². The predicted molar refractivity (Wildman–Crippen MR) is 66.2 cm³/mol. The van der Waals surface area contributed by atoms with Gasteiger partial charge in [-0.1, -0.05) is 13.8 Å². The van der Waals surface area contributed by atoms with Gasteiger partial charge in [-0.05, 0) is 12.3 Å². The summed E-state index contributed by atoms with van der Waals surface area (Å²) >= 11 is 0. The van der Waals surface area contributed by atoms with Crippen LogP contribution in [0.15, 0.2) is 0 Å². The van der Waals surface area contributed by atoms with Crippen LogP contribution in [0.5, 0.6) is 0 Å². The molecule has 1 atom stereocenters. The molecule has 2 amide bonds. The second-order valence-electron chi connectivity index (χ2n) is 4.99. The van der Waals surface area contributed by atoms with Gasteiger partial charge in [0, 0.05) is 32.6 Å². The Morgan fingerprint density at radius 1 is 1.47 bits per heavy atom. The number of nitrogens with zero attached hydrogens (tertiary/aromatic N) is 1. The molecule has 0 aliphatic carbocycles. The van der Waals surface area contributed by atoms with E-state index in [-0.39, 0.29) is 17.7 Å². The lowest BCUT2D eigenvalue weighted by Gasteiger charge is -2.25. The Morgan fingerprint density at radius 3 is 2.76 bits per heavy atom. The molecule has 5 nitrogen and oxygen atoms in total. The maximum Gasteiger partial charge on any atom is 0.227 e. The minimum atomic E-state index is -0.108. The molecule has 1 rings (SSSR count). The maximum atomic E-state index is 12.2. The van der Waals surface area contributed by atoms with E-state index < -0.39 is 0 Å². The lowest BCUT2D eigenvalue weighted by molar-refractivity contribution is -0.135. The molecule has 0 radical (unpaired) electrons. The molecule has 0 bridgehead atoms. The van der Waals surface area contributed by atoms with Gasteiger partial charge in [0.25, 0.3) is 0 Å². The summed E-state index contributed by atoms with van der Waals surface area (Å²) in [6, 6.07) is 0. The fraction of sp³-hybridized carbons (Fsp3) is 0.833. The average Bonchev–Trinajstić information content (AvgIpc) is 2.49. The number of nitrogens with two attached hydrogens (primary N) is 1. The fourth-order valence-corrected chi connectivity index (χ4v) is 2.11. The monoisotopic (exact) mass is 241 g/mol. The van der Waals surface area contributed by atoms with Gasteiger partial charge < -0.3 is 16.0 Å². The van der Waals surface area contributed by atoms with Crippen molar-refractivity contribution in [2.24, 2.45) is 17.6 Å². The van der Waals surface area contributed by atoms with E-state index in [1.54, 1.807) is 4.90 Å². The quantitative estimate of drug-likeness (QED) is 0.725. The van der Waals surface area contributed by atoms with E-state index in [1.807, 2.05) is 0 Å². The zero-order valence-corrected chi connectivity index (χ0v) is 10.7. The molecule has 3 N–H and O–H groups in total. The van der Waals surface area contributed by atoms with E-state index in [0.717, 1.165) is 6.42 Å². The molecule has 1 aliphatic heterocycles. The van der Waals surface area contributed by atoms with Crippen molar-refractivity contribution in [3.05, 3.63) is 0 Å². The van der Waals surface area contributed by atoms with Crippen molar-refractivity contribution in [2.45, 2.75) is 26.7 Å². The average molecular weight is 241 g/mol. The topological polar surface area (TPSA) is 75.4 Å². The van der Waals surface area contributed by atoms with Crippen LogP contribution < -0.4 is 11.1 Å². The van der Waals surface area contributed by atoms with Crippen molar-refractivity contribution in [1.29, 1.82) is 0 Å². The number of rotatable bonds is 4. The Hall–Kier alpha value is -1.10. The van der Waals surface area contributed by atoms with E-state index in [9.17, 15) is 9.59 Å². The van der Waals surface area contributed by atoms with E-state index >= 15 is 0 Å². The highest BCUT2D eigenvalue weighted by Crippen LogP contribution is 2.14. The SMILES string of the molecule is CC(C)CC(CN)C(=O)N1CCNC(=O)CC1. The largest absolute Gasteiger partial charge is 0.354 e. The standard InChI is InChI=1S/C12H23N3O2/c1-9(2)7-10(8-13)12(17)15-5-3-11(16)14-4-6-15/h9-10H,3-8,13H2,1-2H3,(H,14,16). The van der Waals surface area contributed by atoms with Gasteiger partial charge in [-0.2, -0.15) is 0 Å². The van der Waals surface area contributed by atoms with Gasteiger partial charge in [-0.3, -0.25) is 9.59 Å². The predicted octanol–water partition coefficient (Wildman–Crippen LogP) is -0.0441. The number of hydrogen-bond acceptors (Lipinski definition) is 3. The van der Waals surface area contributed by atoms with E-state index in [2.05, 4.69) is 19.2 Å². The second-order valence-corrected chi connectivity index (χ2v) is 4.99. The third kappa shape index (κ3) is 4.34. The number of carbonyl (C=O) groups is 2. The molecular weight excluding hydrogens is 218 g/mol. The van der Waals surface area contributed by atoms with Crippen molar-refractivity contribution < 1.29 is 9.59 Å². The summed E-state index contributed by atoms with van der Waals surface area (Å²) in [7, 11) is 0. The fourth-order valence-electron chi connectivity index (χ4n) is 2.11. The van der Waals surface area contributed by atoms with Crippen molar-refractivity contribution in [1.82, 2.24) is 10.2 Å². The molecule has 1 aliphatic rings. The first-order valence-electron chi connectivity index (χ1n) is 6.30. The van der Waals surface area contributed by atoms with Crippen LogP contribution in [0.1, 0.15) is 26.7 Å². The number of carbonyl (C=O) groups excluding carboxylic acids is 2. The maximum absolute atomic E-state index is 12.2. The summed E-state index contributed by atoms with van der Waals surface area (Å²) in [5.74, 6) is 0.466. The summed E-state index contributed by atoms with van der Waals surface area (Å²) < 4.78 is 0. The molecule has 5 heteroatoms. The number of hydrogen-bond donors (Lipinski definition) is 2. The van der Waals surface area contributed by atoms with Crippen molar-refractivity contribution >= 4 is 11.8 Å². The first-order valence-corrected chi connectivity index (χ1v) is 6.30. The summed E-state index contributed by atoms with van der Waals surface area (Å²) in [4.78, 5) is 25.2. The van der Waals surface area contributed by atoms with E-state index in [0.29, 0.717) is 38.5 Å². The highest BCUT2D eigenvalue weighted by Gasteiger charge is 2.25. The third-order valence-corrected chi connectivity index (χ3v) is 3.01. The Balaban J connectivity index is 2.57. The first kappa shape index (κ1) is 14.0. The van der Waals surface area contributed by atoms with Gasteiger partial charge in [0.05, 0.1) is 5.92 Å². The lowest BCUT2D eigenvalue weighted by Crippen LogP contribution is -2.41. The van der Waals surface area contributed by atoms with Gasteiger partial charge in [-0.15, -0.1) is 0 Å². The van der Waals surface area contributed by atoms with E-state index in [4.69, 9.17) is 5.73 Å². The van der Waals surface area contributed by atoms with Gasteiger partial charge in [0.15, 0.2) is 0 Å². The molecule has 1 heterocycles. The van der Waals surface area contributed by atoms with Crippen molar-refractivity contribution in [2.75, 3.05) is 26.2 Å². The molecular formula is C12H23N3O2. The van der Waals surface area contributed by atoms with Gasteiger partial charge in [0.2, 0.25) is 11.8 Å². The number of nitrogens with one attached hydrogen (secondary N) is 1. The van der Waals surface area contributed by atoms with Gasteiger partial charge >= 0.3 is 0 Å². The molecule has 98 valence electrons. The Labute approximate surface area is 103 Å². The van der Waals surface area contributed by atoms with Crippen molar-refractivity contribution in [3.8, 4) is 0 Å². The highest BCUT2D eigenvalue weighted by atomic mass is 16.2. The third-order valence-electron chi connectivity index (χ3n) is 3.01. The van der Waals surface area contributed by atoms with Gasteiger partial charge in [0.1, 0.15) is 0 Å². The van der Waals surface area contributed by atoms with E-state index in [1.165, 1.54) is 0 Å². The van der Waals surface area contributed by atoms with Crippen LogP contribution >= 0.6 is 0 Å². The highest BCUT2D eigenvalue weighted by molar-refractivity contribution is 5.81. The van der Waals surface area contributed by atoms with Crippen LogP contribution in [-0.4, -0.2) is 42.9 Å². The Morgan fingerprint density at radius 2 is 2.18 bits per heavy atom. The molecule has 1 saturated heterocycles. The minimum Gasteiger partial charge on any atom is -0.354 e. The van der Waals surface area contributed by atoms with Crippen LogP contribution in [-0.2, 0) is 9.59 Å². The summed E-state index contributed by atoms with van der Waals surface area (Å²) in [5.41, 5.74) is 5.66. The lowest BCUT2D eigenvalue weighted by atomic mass is 9.96. The molecule has 0 aromatic rings.